The van der Waals surface area contributed by atoms with Crippen LogP contribution >= 0.6 is 27.5 Å². The van der Waals surface area contributed by atoms with E-state index in [4.69, 9.17) is 11.6 Å². The summed E-state index contributed by atoms with van der Waals surface area (Å²) in [6.45, 7) is 0. The molecule has 2 N–H and O–H groups in total. The Hall–Kier alpha value is -2.11. The van der Waals surface area contributed by atoms with Gasteiger partial charge in [0, 0.05) is 16.1 Å². The molecule has 3 rings (SSSR count). The first kappa shape index (κ1) is 14.8. The molecule has 6 heteroatoms. The summed E-state index contributed by atoms with van der Waals surface area (Å²) in [6.07, 6.45) is 1.69. The molecule has 0 spiro atoms. The summed E-state index contributed by atoms with van der Waals surface area (Å²) >= 11 is 9.50. The smallest absolute Gasteiger partial charge is 0.306 e. The number of pyridine rings is 1. The molecular formula is C16H11BrClN3O. The van der Waals surface area contributed by atoms with E-state index in [-0.39, 0.29) is 6.03 Å². The van der Waals surface area contributed by atoms with E-state index in [1.807, 2.05) is 18.2 Å². The number of carbonyl (C=O) groups is 1. The highest BCUT2D eigenvalue weighted by molar-refractivity contribution is 9.10. The Kier molecular flexibility index (Phi) is 4.27. The number of carbonyl (C=O) groups excluding carboxylic acids is 1. The highest BCUT2D eigenvalue weighted by atomic mass is 79.9. The van der Waals surface area contributed by atoms with Crippen molar-refractivity contribution in [2.45, 2.75) is 0 Å². The quantitative estimate of drug-likeness (QED) is 0.638. The Labute approximate surface area is 140 Å². The van der Waals surface area contributed by atoms with Crippen LogP contribution in [0.15, 0.2) is 59.2 Å². The van der Waals surface area contributed by atoms with Crippen LogP contribution in [0.25, 0.3) is 10.9 Å². The van der Waals surface area contributed by atoms with Gasteiger partial charge in [0.05, 0.1) is 21.9 Å². The van der Waals surface area contributed by atoms with Gasteiger partial charge in [-0.15, -0.1) is 0 Å². The van der Waals surface area contributed by atoms with Crippen molar-refractivity contribution >= 4 is 55.8 Å². The zero-order valence-electron chi connectivity index (χ0n) is 11.3. The molecule has 4 nitrogen and oxygen atoms in total. The van der Waals surface area contributed by atoms with Gasteiger partial charge in [0.15, 0.2) is 0 Å². The molecule has 110 valence electrons. The van der Waals surface area contributed by atoms with Gasteiger partial charge in [-0.1, -0.05) is 45.7 Å². The lowest BCUT2D eigenvalue weighted by Crippen LogP contribution is -2.19. The number of hydrogen-bond acceptors (Lipinski definition) is 2. The molecule has 0 aliphatic heterocycles. The lowest BCUT2D eigenvalue weighted by Gasteiger charge is -2.11. The first-order valence-electron chi connectivity index (χ1n) is 6.51. The normalized spacial score (nSPS) is 10.5. The topological polar surface area (TPSA) is 54.0 Å². The molecular weight excluding hydrogens is 366 g/mol. The van der Waals surface area contributed by atoms with Crippen molar-refractivity contribution in [2.75, 3.05) is 10.6 Å². The monoisotopic (exact) mass is 375 g/mol. The first-order valence-corrected chi connectivity index (χ1v) is 7.68. The van der Waals surface area contributed by atoms with E-state index in [1.54, 1.807) is 36.5 Å². The van der Waals surface area contributed by atoms with Crippen molar-refractivity contribution in [3.05, 3.63) is 64.2 Å². The minimum atomic E-state index is -0.373. The third kappa shape index (κ3) is 3.05. The molecule has 0 aliphatic rings. The number of urea groups is 1. The maximum absolute atomic E-state index is 12.1. The number of hydrogen-bond donors (Lipinski definition) is 2. The Bertz CT molecular complexity index is 854. The summed E-state index contributed by atoms with van der Waals surface area (Å²) in [5.41, 5.74) is 1.89. The van der Waals surface area contributed by atoms with Crippen LogP contribution in [0.1, 0.15) is 0 Å². The standard InChI is InChI=1S/C16H11BrClN3O/c17-11-7-8-14(15-10(11)4-3-9-19-15)21-16(22)20-13-6-2-1-5-12(13)18/h1-9H,(H2,20,21,22). The van der Waals surface area contributed by atoms with Crippen molar-refractivity contribution in [3.63, 3.8) is 0 Å². The van der Waals surface area contributed by atoms with Crippen LogP contribution in [0.4, 0.5) is 16.2 Å². The average molecular weight is 377 g/mol. The second-order valence-corrected chi connectivity index (χ2v) is 5.82. The Morgan fingerprint density at radius 2 is 1.77 bits per heavy atom. The second kappa shape index (κ2) is 6.34. The fourth-order valence-corrected chi connectivity index (χ4v) is 2.71. The summed E-state index contributed by atoms with van der Waals surface area (Å²) in [5.74, 6) is 0. The van der Waals surface area contributed by atoms with Crippen LogP contribution < -0.4 is 10.6 Å². The molecule has 0 unspecified atom stereocenters. The van der Waals surface area contributed by atoms with Gasteiger partial charge in [-0.3, -0.25) is 4.98 Å². The number of benzene rings is 2. The molecule has 0 radical (unpaired) electrons. The number of amides is 2. The number of aromatic nitrogens is 1. The Morgan fingerprint density at radius 3 is 2.59 bits per heavy atom. The minimum Gasteiger partial charge on any atom is -0.306 e. The van der Waals surface area contributed by atoms with Crippen molar-refractivity contribution in [1.82, 2.24) is 4.98 Å². The van der Waals surface area contributed by atoms with Crippen LogP contribution in [0.2, 0.25) is 5.02 Å². The van der Waals surface area contributed by atoms with E-state index in [1.165, 1.54) is 0 Å². The molecule has 0 bridgehead atoms. The SMILES string of the molecule is O=C(Nc1ccccc1Cl)Nc1ccc(Br)c2cccnc12. The number of rotatable bonds is 2. The summed E-state index contributed by atoms with van der Waals surface area (Å²) in [5, 5.41) is 6.92. The van der Waals surface area contributed by atoms with Crippen LogP contribution in [-0.4, -0.2) is 11.0 Å². The van der Waals surface area contributed by atoms with Gasteiger partial charge in [-0.25, -0.2) is 4.79 Å². The van der Waals surface area contributed by atoms with E-state index in [0.717, 1.165) is 9.86 Å². The molecule has 22 heavy (non-hydrogen) atoms. The fourth-order valence-electron chi connectivity index (χ4n) is 2.08. The Morgan fingerprint density at radius 1 is 1.00 bits per heavy atom. The summed E-state index contributed by atoms with van der Waals surface area (Å²) in [4.78, 5) is 16.5. The largest absolute Gasteiger partial charge is 0.323 e. The zero-order chi connectivity index (χ0) is 15.5. The summed E-state index contributed by atoms with van der Waals surface area (Å²) in [7, 11) is 0. The van der Waals surface area contributed by atoms with E-state index in [0.29, 0.717) is 21.9 Å². The van der Waals surface area contributed by atoms with Crippen LogP contribution in [0.5, 0.6) is 0 Å². The lowest BCUT2D eigenvalue weighted by molar-refractivity contribution is 0.262. The van der Waals surface area contributed by atoms with Gasteiger partial charge in [0.25, 0.3) is 0 Å². The molecule has 0 saturated heterocycles. The molecule has 0 aliphatic carbocycles. The van der Waals surface area contributed by atoms with Crippen molar-refractivity contribution in [3.8, 4) is 0 Å². The van der Waals surface area contributed by atoms with Gasteiger partial charge in [0.2, 0.25) is 0 Å². The van der Waals surface area contributed by atoms with Crippen molar-refractivity contribution < 1.29 is 4.79 Å². The van der Waals surface area contributed by atoms with E-state index >= 15 is 0 Å². The predicted molar refractivity (Wildman–Crippen MR) is 93.5 cm³/mol. The van der Waals surface area contributed by atoms with Gasteiger partial charge >= 0.3 is 6.03 Å². The molecule has 1 heterocycles. The zero-order valence-corrected chi connectivity index (χ0v) is 13.6. The Balaban J connectivity index is 1.86. The number of halogens is 2. The van der Waals surface area contributed by atoms with Gasteiger partial charge < -0.3 is 10.6 Å². The fraction of sp³-hybridized carbons (Fsp3) is 0. The van der Waals surface area contributed by atoms with Crippen LogP contribution in [0, 0.1) is 0 Å². The van der Waals surface area contributed by atoms with Gasteiger partial charge in [-0.2, -0.15) is 0 Å². The molecule has 2 amide bonds. The highest BCUT2D eigenvalue weighted by Crippen LogP contribution is 2.28. The highest BCUT2D eigenvalue weighted by Gasteiger charge is 2.10. The molecule has 0 atom stereocenters. The van der Waals surface area contributed by atoms with Gasteiger partial charge in [-0.05, 0) is 30.3 Å². The van der Waals surface area contributed by atoms with Crippen LogP contribution in [0.3, 0.4) is 0 Å². The van der Waals surface area contributed by atoms with Crippen molar-refractivity contribution in [2.24, 2.45) is 0 Å². The molecule has 3 aromatic rings. The maximum atomic E-state index is 12.1. The molecule has 0 fully saturated rings. The molecule has 2 aromatic carbocycles. The predicted octanol–water partition coefficient (Wildman–Crippen LogP) is 5.29. The summed E-state index contributed by atoms with van der Waals surface area (Å²) < 4.78 is 0.924. The first-order chi connectivity index (χ1) is 10.6. The van der Waals surface area contributed by atoms with E-state index < -0.39 is 0 Å². The third-order valence-electron chi connectivity index (χ3n) is 3.09. The number of nitrogens with one attached hydrogen (secondary N) is 2. The third-order valence-corrected chi connectivity index (χ3v) is 4.11. The van der Waals surface area contributed by atoms with Gasteiger partial charge in [0.1, 0.15) is 0 Å². The molecule has 0 saturated carbocycles. The average Bonchev–Trinajstić information content (AvgIpc) is 2.53. The number of fused-ring (bicyclic) bond motifs is 1. The summed E-state index contributed by atoms with van der Waals surface area (Å²) in [6, 6.07) is 14.1. The van der Waals surface area contributed by atoms with E-state index in [9.17, 15) is 4.79 Å². The molecule has 1 aromatic heterocycles. The van der Waals surface area contributed by atoms with E-state index in [2.05, 4.69) is 31.5 Å². The second-order valence-electron chi connectivity index (χ2n) is 4.55. The number of anilines is 2. The maximum Gasteiger partial charge on any atom is 0.323 e. The van der Waals surface area contributed by atoms with Crippen LogP contribution in [-0.2, 0) is 0 Å². The lowest BCUT2D eigenvalue weighted by atomic mass is 10.2. The number of para-hydroxylation sites is 1. The number of nitrogens with zero attached hydrogens (tertiary/aromatic N) is 1. The van der Waals surface area contributed by atoms with Crippen molar-refractivity contribution in [1.29, 1.82) is 0 Å². The minimum absolute atomic E-state index is 0.373.